The van der Waals surface area contributed by atoms with Gasteiger partial charge in [0.2, 0.25) is 10.0 Å². The van der Waals surface area contributed by atoms with Crippen LogP contribution in [0.1, 0.15) is 32.1 Å². The molecule has 0 heterocycles. The molecule has 0 amide bonds. The molecule has 1 N–H and O–H groups in total. The predicted octanol–water partition coefficient (Wildman–Crippen LogP) is 0.821. The highest BCUT2D eigenvalue weighted by Crippen LogP contribution is 2.25. The molecule has 0 saturated heterocycles. The normalized spacial score (nSPS) is 19.7. The van der Waals surface area contributed by atoms with Gasteiger partial charge in [-0.05, 0) is 18.8 Å². The SMILES string of the molecule is CN(CCO)S(=O)(=O)CC1CCCCC1. The highest BCUT2D eigenvalue weighted by molar-refractivity contribution is 7.89. The fraction of sp³-hybridized carbons (Fsp3) is 1.00. The molecule has 0 spiro atoms. The molecule has 0 atom stereocenters. The minimum absolute atomic E-state index is 0.111. The van der Waals surface area contributed by atoms with E-state index >= 15 is 0 Å². The first-order valence-corrected chi connectivity index (χ1v) is 7.22. The highest BCUT2D eigenvalue weighted by Gasteiger charge is 2.24. The molecule has 0 aromatic rings. The molecule has 1 saturated carbocycles. The quantitative estimate of drug-likeness (QED) is 0.767. The number of aliphatic hydroxyl groups excluding tert-OH is 1. The van der Waals surface area contributed by atoms with Crippen molar-refractivity contribution in [3.8, 4) is 0 Å². The number of aliphatic hydroxyl groups is 1. The van der Waals surface area contributed by atoms with Gasteiger partial charge in [-0.15, -0.1) is 0 Å². The van der Waals surface area contributed by atoms with E-state index in [0.717, 1.165) is 25.7 Å². The minimum Gasteiger partial charge on any atom is -0.395 e. The van der Waals surface area contributed by atoms with E-state index in [1.165, 1.54) is 17.8 Å². The van der Waals surface area contributed by atoms with Crippen molar-refractivity contribution >= 4 is 10.0 Å². The Bertz CT molecular complexity index is 270. The van der Waals surface area contributed by atoms with Gasteiger partial charge in [0.05, 0.1) is 12.4 Å². The van der Waals surface area contributed by atoms with Gasteiger partial charge in [0.1, 0.15) is 0 Å². The van der Waals surface area contributed by atoms with Gasteiger partial charge in [-0.25, -0.2) is 12.7 Å². The van der Waals surface area contributed by atoms with Crippen LogP contribution >= 0.6 is 0 Å². The predicted molar refractivity (Wildman–Crippen MR) is 60.1 cm³/mol. The van der Waals surface area contributed by atoms with Crippen molar-refractivity contribution in [1.29, 1.82) is 0 Å². The van der Waals surface area contributed by atoms with Gasteiger partial charge >= 0.3 is 0 Å². The van der Waals surface area contributed by atoms with Crippen LogP contribution in [0.15, 0.2) is 0 Å². The van der Waals surface area contributed by atoms with Gasteiger partial charge in [-0.1, -0.05) is 19.3 Å². The van der Waals surface area contributed by atoms with Gasteiger partial charge < -0.3 is 5.11 Å². The third-order valence-corrected chi connectivity index (χ3v) is 5.09. The molecule has 0 radical (unpaired) electrons. The third-order valence-electron chi connectivity index (χ3n) is 3.06. The van der Waals surface area contributed by atoms with E-state index in [1.807, 2.05) is 0 Å². The Morgan fingerprint density at radius 3 is 2.40 bits per heavy atom. The Balaban J connectivity index is 2.47. The molecule has 1 rings (SSSR count). The molecule has 1 aliphatic carbocycles. The zero-order valence-electron chi connectivity index (χ0n) is 9.35. The van der Waals surface area contributed by atoms with Gasteiger partial charge in [-0.3, -0.25) is 0 Å². The van der Waals surface area contributed by atoms with Gasteiger partial charge in [0.15, 0.2) is 0 Å². The monoisotopic (exact) mass is 235 g/mol. The van der Waals surface area contributed by atoms with E-state index in [2.05, 4.69) is 0 Å². The number of hydrogen-bond donors (Lipinski definition) is 1. The second kappa shape index (κ2) is 5.82. The molecule has 0 aromatic heterocycles. The second-order valence-electron chi connectivity index (χ2n) is 4.33. The first kappa shape index (κ1) is 12.9. The molecular weight excluding hydrogens is 214 g/mol. The summed E-state index contributed by atoms with van der Waals surface area (Å²) >= 11 is 0. The zero-order chi connectivity index (χ0) is 11.3. The van der Waals surface area contributed by atoms with E-state index in [9.17, 15) is 8.42 Å². The van der Waals surface area contributed by atoms with Crippen LogP contribution in [0.25, 0.3) is 0 Å². The second-order valence-corrected chi connectivity index (χ2v) is 6.45. The Kier molecular flexibility index (Phi) is 5.02. The van der Waals surface area contributed by atoms with Gasteiger partial charge in [0, 0.05) is 13.6 Å². The summed E-state index contributed by atoms with van der Waals surface area (Å²) in [4.78, 5) is 0. The summed E-state index contributed by atoms with van der Waals surface area (Å²) in [6.45, 7) is 0.0927. The van der Waals surface area contributed by atoms with Crippen LogP contribution < -0.4 is 0 Å². The average molecular weight is 235 g/mol. The Labute approximate surface area is 92.3 Å². The van der Waals surface area contributed by atoms with Crippen LogP contribution in [0.3, 0.4) is 0 Å². The van der Waals surface area contributed by atoms with Crippen LogP contribution in [-0.4, -0.2) is 43.8 Å². The Morgan fingerprint density at radius 2 is 1.87 bits per heavy atom. The maximum absolute atomic E-state index is 11.8. The van der Waals surface area contributed by atoms with Crippen molar-refractivity contribution in [2.75, 3.05) is 26.0 Å². The lowest BCUT2D eigenvalue weighted by atomic mass is 9.91. The molecule has 90 valence electrons. The number of likely N-dealkylation sites (N-methyl/N-ethyl adjacent to an activating group) is 1. The zero-order valence-corrected chi connectivity index (χ0v) is 10.2. The molecule has 0 bridgehead atoms. The maximum Gasteiger partial charge on any atom is 0.214 e. The van der Waals surface area contributed by atoms with Crippen LogP contribution in [0, 0.1) is 5.92 Å². The molecule has 0 aromatic carbocycles. The van der Waals surface area contributed by atoms with Crippen LogP contribution in [0.5, 0.6) is 0 Å². The summed E-state index contributed by atoms with van der Waals surface area (Å²) in [6, 6.07) is 0. The van der Waals surface area contributed by atoms with E-state index < -0.39 is 10.0 Å². The molecule has 5 heteroatoms. The molecule has 1 fully saturated rings. The molecule has 4 nitrogen and oxygen atoms in total. The number of nitrogens with zero attached hydrogens (tertiary/aromatic N) is 1. The smallest absolute Gasteiger partial charge is 0.214 e. The number of sulfonamides is 1. The van der Waals surface area contributed by atoms with Crippen molar-refractivity contribution < 1.29 is 13.5 Å². The van der Waals surface area contributed by atoms with Crippen molar-refractivity contribution in [3.63, 3.8) is 0 Å². The molecule has 15 heavy (non-hydrogen) atoms. The minimum atomic E-state index is -3.15. The standard InChI is InChI=1S/C10H21NO3S/c1-11(7-8-12)15(13,14)9-10-5-3-2-4-6-10/h10,12H,2-9H2,1H3. The van der Waals surface area contributed by atoms with Crippen LogP contribution in [-0.2, 0) is 10.0 Å². The van der Waals surface area contributed by atoms with E-state index in [4.69, 9.17) is 5.11 Å². The summed E-state index contributed by atoms with van der Waals surface area (Å²) < 4.78 is 24.9. The summed E-state index contributed by atoms with van der Waals surface area (Å²) in [6.07, 6.45) is 5.62. The topological polar surface area (TPSA) is 57.6 Å². The summed E-state index contributed by atoms with van der Waals surface area (Å²) in [5, 5.41) is 8.70. The van der Waals surface area contributed by atoms with Crippen molar-refractivity contribution in [3.05, 3.63) is 0 Å². The fourth-order valence-corrected chi connectivity index (χ4v) is 3.60. The fourth-order valence-electron chi connectivity index (χ4n) is 2.06. The largest absolute Gasteiger partial charge is 0.395 e. The maximum atomic E-state index is 11.8. The van der Waals surface area contributed by atoms with Crippen molar-refractivity contribution in [1.82, 2.24) is 4.31 Å². The van der Waals surface area contributed by atoms with Crippen LogP contribution in [0.4, 0.5) is 0 Å². The van der Waals surface area contributed by atoms with Crippen molar-refractivity contribution in [2.45, 2.75) is 32.1 Å². The average Bonchev–Trinajstić information content (AvgIpc) is 2.19. The van der Waals surface area contributed by atoms with E-state index in [1.54, 1.807) is 0 Å². The lowest BCUT2D eigenvalue weighted by Gasteiger charge is -2.24. The highest BCUT2D eigenvalue weighted by atomic mass is 32.2. The molecule has 0 aliphatic heterocycles. The molecular formula is C10H21NO3S. The van der Waals surface area contributed by atoms with Gasteiger partial charge in [-0.2, -0.15) is 0 Å². The van der Waals surface area contributed by atoms with Crippen LogP contribution in [0.2, 0.25) is 0 Å². The number of rotatable bonds is 5. The first-order valence-electron chi connectivity index (χ1n) is 5.61. The van der Waals surface area contributed by atoms with Crippen molar-refractivity contribution in [2.24, 2.45) is 5.92 Å². The Hall–Kier alpha value is -0.130. The first-order chi connectivity index (χ1) is 7.06. The molecule has 0 unspecified atom stereocenters. The Morgan fingerprint density at radius 1 is 1.27 bits per heavy atom. The third kappa shape index (κ3) is 4.09. The lowest BCUT2D eigenvalue weighted by molar-refractivity contribution is 0.265. The van der Waals surface area contributed by atoms with E-state index in [-0.39, 0.29) is 18.9 Å². The van der Waals surface area contributed by atoms with Gasteiger partial charge in [0.25, 0.3) is 0 Å². The summed E-state index contributed by atoms with van der Waals surface area (Å²) in [7, 11) is -1.61. The molecule has 1 aliphatic rings. The summed E-state index contributed by atoms with van der Waals surface area (Å²) in [5.74, 6) is 0.577. The number of hydrogen-bond acceptors (Lipinski definition) is 3. The summed E-state index contributed by atoms with van der Waals surface area (Å²) in [5.41, 5.74) is 0. The lowest BCUT2D eigenvalue weighted by Crippen LogP contribution is -2.34. The van der Waals surface area contributed by atoms with E-state index in [0.29, 0.717) is 5.92 Å².